The average molecular weight is 204 g/mol. The van der Waals surface area contributed by atoms with Crippen molar-refractivity contribution < 1.29 is 0 Å². The highest BCUT2D eigenvalue weighted by atomic mass is 35.5. The van der Waals surface area contributed by atoms with E-state index < -0.39 is 0 Å². The van der Waals surface area contributed by atoms with E-state index in [-0.39, 0.29) is 12.4 Å². The zero-order chi connectivity index (χ0) is 7.52. The molecule has 1 nitrogen and oxygen atoms in total. The monoisotopic (exact) mass is 203 g/mol. The zero-order valence-corrected chi connectivity index (χ0v) is 8.59. The van der Waals surface area contributed by atoms with Gasteiger partial charge in [-0.15, -0.1) is 23.7 Å². The van der Waals surface area contributed by atoms with Crippen LogP contribution in [0.2, 0.25) is 0 Å². The van der Waals surface area contributed by atoms with Crippen LogP contribution in [0.4, 0.5) is 0 Å². The van der Waals surface area contributed by atoms with E-state index in [2.05, 4.69) is 22.8 Å². The molecule has 1 aromatic rings. The minimum absolute atomic E-state index is 0. The Bertz CT molecular complexity index is 204. The van der Waals surface area contributed by atoms with Gasteiger partial charge in [0.25, 0.3) is 0 Å². The Morgan fingerprint density at radius 3 is 3.08 bits per heavy atom. The molecule has 1 atom stereocenters. The highest BCUT2D eigenvalue weighted by molar-refractivity contribution is 7.09. The molecule has 1 aromatic heterocycles. The molecular formula is C9H14ClNS. The van der Waals surface area contributed by atoms with Crippen molar-refractivity contribution in [3.63, 3.8) is 0 Å². The SMILES string of the molecule is Cl.c1csc(CC2CCCN2)c1. The van der Waals surface area contributed by atoms with Crippen LogP contribution in [0.5, 0.6) is 0 Å². The van der Waals surface area contributed by atoms with Gasteiger partial charge in [0.2, 0.25) is 0 Å². The van der Waals surface area contributed by atoms with E-state index in [1.54, 1.807) is 0 Å². The molecular weight excluding hydrogens is 190 g/mol. The normalized spacial score (nSPS) is 22.2. The highest BCUT2D eigenvalue weighted by Crippen LogP contribution is 2.15. The molecule has 1 aliphatic rings. The van der Waals surface area contributed by atoms with Crippen LogP contribution < -0.4 is 5.32 Å². The molecule has 0 aromatic carbocycles. The lowest BCUT2D eigenvalue weighted by Gasteiger charge is -2.06. The summed E-state index contributed by atoms with van der Waals surface area (Å²) in [6.07, 6.45) is 3.95. The molecule has 12 heavy (non-hydrogen) atoms. The first kappa shape index (κ1) is 10.0. The Hall–Kier alpha value is -0.0500. The van der Waals surface area contributed by atoms with Crippen LogP contribution in [0.1, 0.15) is 17.7 Å². The summed E-state index contributed by atoms with van der Waals surface area (Å²) in [4.78, 5) is 1.52. The quantitative estimate of drug-likeness (QED) is 0.779. The molecule has 0 bridgehead atoms. The Morgan fingerprint density at radius 2 is 2.50 bits per heavy atom. The maximum Gasteiger partial charge on any atom is 0.0116 e. The predicted molar refractivity (Wildman–Crippen MR) is 56.3 cm³/mol. The standard InChI is InChI=1S/C9H13NS.ClH/c1-3-8(10-5-1)7-9-4-2-6-11-9;/h2,4,6,8,10H,1,3,5,7H2;1H. The zero-order valence-electron chi connectivity index (χ0n) is 6.95. The number of hydrogen-bond donors (Lipinski definition) is 1. The fraction of sp³-hybridized carbons (Fsp3) is 0.556. The van der Waals surface area contributed by atoms with Gasteiger partial charge in [0, 0.05) is 10.9 Å². The second-order valence-electron chi connectivity index (χ2n) is 3.08. The summed E-state index contributed by atoms with van der Waals surface area (Å²) in [5, 5.41) is 5.66. The van der Waals surface area contributed by atoms with Gasteiger partial charge in [-0.3, -0.25) is 0 Å². The largest absolute Gasteiger partial charge is 0.314 e. The molecule has 2 rings (SSSR count). The number of hydrogen-bond acceptors (Lipinski definition) is 2. The first-order chi connectivity index (χ1) is 5.45. The summed E-state index contributed by atoms with van der Waals surface area (Å²) in [5.41, 5.74) is 0. The summed E-state index contributed by atoms with van der Waals surface area (Å²) in [6, 6.07) is 5.12. The van der Waals surface area contributed by atoms with Crippen LogP contribution in [0, 0.1) is 0 Å². The Labute approximate surface area is 83.6 Å². The highest BCUT2D eigenvalue weighted by Gasteiger charge is 2.14. The van der Waals surface area contributed by atoms with Gasteiger partial charge in [0.05, 0.1) is 0 Å². The smallest absolute Gasteiger partial charge is 0.0116 e. The van der Waals surface area contributed by atoms with E-state index in [9.17, 15) is 0 Å². The maximum atomic E-state index is 3.50. The molecule has 3 heteroatoms. The number of rotatable bonds is 2. The molecule has 1 saturated heterocycles. The third-order valence-corrected chi connectivity index (χ3v) is 3.09. The summed E-state index contributed by atoms with van der Waals surface area (Å²) in [6.45, 7) is 1.22. The lowest BCUT2D eigenvalue weighted by atomic mass is 10.1. The molecule has 0 amide bonds. The summed E-state index contributed by atoms with van der Waals surface area (Å²) < 4.78 is 0. The molecule has 0 radical (unpaired) electrons. The van der Waals surface area contributed by atoms with Crippen LogP contribution in [-0.4, -0.2) is 12.6 Å². The average Bonchev–Trinajstić information content (AvgIpc) is 2.60. The lowest BCUT2D eigenvalue weighted by molar-refractivity contribution is 0.608. The second-order valence-corrected chi connectivity index (χ2v) is 4.11. The second kappa shape index (κ2) is 4.85. The van der Waals surface area contributed by atoms with E-state index in [0.717, 1.165) is 6.04 Å². The summed E-state index contributed by atoms with van der Waals surface area (Å²) in [5.74, 6) is 0. The molecule has 0 spiro atoms. The minimum atomic E-state index is 0. The van der Waals surface area contributed by atoms with E-state index in [4.69, 9.17) is 0 Å². The van der Waals surface area contributed by atoms with Crippen molar-refractivity contribution in [1.82, 2.24) is 5.32 Å². The summed E-state index contributed by atoms with van der Waals surface area (Å²) in [7, 11) is 0. The van der Waals surface area contributed by atoms with Gasteiger partial charge < -0.3 is 5.32 Å². The van der Waals surface area contributed by atoms with Crippen LogP contribution in [0.3, 0.4) is 0 Å². The van der Waals surface area contributed by atoms with Crippen molar-refractivity contribution in [2.75, 3.05) is 6.54 Å². The fourth-order valence-electron chi connectivity index (χ4n) is 1.60. The third kappa shape index (κ3) is 2.47. The predicted octanol–water partition coefficient (Wildman–Crippen LogP) is 2.46. The van der Waals surface area contributed by atoms with E-state index in [0.29, 0.717) is 0 Å². The topological polar surface area (TPSA) is 12.0 Å². The molecule has 2 heterocycles. The van der Waals surface area contributed by atoms with Gasteiger partial charge in [-0.2, -0.15) is 0 Å². The molecule has 0 aliphatic carbocycles. The first-order valence-electron chi connectivity index (χ1n) is 4.21. The van der Waals surface area contributed by atoms with Crippen LogP contribution >= 0.6 is 23.7 Å². The number of nitrogens with one attached hydrogen (secondary N) is 1. The Balaban J connectivity index is 0.000000720. The van der Waals surface area contributed by atoms with Gasteiger partial charge in [0.1, 0.15) is 0 Å². The third-order valence-electron chi connectivity index (χ3n) is 2.19. The molecule has 1 unspecified atom stereocenters. The number of halogens is 1. The molecule has 1 fully saturated rings. The van der Waals surface area contributed by atoms with Crippen LogP contribution in [0.15, 0.2) is 17.5 Å². The number of thiophene rings is 1. The van der Waals surface area contributed by atoms with Crippen molar-refractivity contribution in [2.24, 2.45) is 0 Å². The first-order valence-corrected chi connectivity index (χ1v) is 5.09. The summed E-state index contributed by atoms with van der Waals surface area (Å²) >= 11 is 1.87. The van der Waals surface area contributed by atoms with Crippen molar-refractivity contribution in [3.05, 3.63) is 22.4 Å². The Kier molecular flexibility index (Phi) is 4.06. The van der Waals surface area contributed by atoms with Gasteiger partial charge in [-0.1, -0.05) is 6.07 Å². The lowest BCUT2D eigenvalue weighted by Crippen LogP contribution is -2.23. The molecule has 0 saturated carbocycles. The van der Waals surface area contributed by atoms with Crippen molar-refractivity contribution in [1.29, 1.82) is 0 Å². The minimum Gasteiger partial charge on any atom is -0.314 e. The van der Waals surface area contributed by atoms with Crippen molar-refractivity contribution >= 4 is 23.7 Å². The van der Waals surface area contributed by atoms with E-state index in [1.807, 2.05) is 11.3 Å². The molecule has 1 N–H and O–H groups in total. The van der Waals surface area contributed by atoms with Crippen LogP contribution in [0.25, 0.3) is 0 Å². The van der Waals surface area contributed by atoms with Gasteiger partial charge in [-0.25, -0.2) is 0 Å². The van der Waals surface area contributed by atoms with Crippen molar-refractivity contribution in [2.45, 2.75) is 25.3 Å². The van der Waals surface area contributed by atoms with E-state index in [1.165, 1.54) is 30.7 Å². The maximum absolute atomic E-state index is 3.50. The van der Waals surface area contributed by atoms with Gasteiger partial charge in [0.15, 0.2) is 0 Å². The van der Waals surface area contributed by atoms with Crippen LogP contribution in [-0.2, 0) is 6.42 Å². The van der Waals surface area contributed by atoms with Crippen molar-refractivity contribution in [3.8, 4) is 0 Å². The van der Waals surface area contributed by atoms with Gasteiger partial charge >= 0.3 is 0 Å². The molecule has 68 valence electrons. The van der Waals surface area contributed by atoms with E-state index >= 15 is 0 Å². The van der Waals surface area contributed by atoms with Gasteiger partial charge in [-0.05, 0) is 37.3 Å². The molecule has 1 aliphatic heterocycles. The Morgan fingerprint density at radius 1 is 1.58 bits per heavy atom. The fourth-order valence-corrected chi connectivity index (χ4v) is 2.39.